The highest BCUT2D eigenvalue weighted by Gasteiger charge is 2.27. The van der Waals surface area contributed by atoms with Gasteiger partial charge >= 0.3 is 0 Å². The van der Waals surface area contributed by atoms with Crippen molar-refractivity contribution in [3.05, 3.63) is 0 Å². The first-order valence-electron chi connectivity index (χ1n) is 5.75. The first-order chi connectivity index (χ1) is 6.59. The molecule has 1 fully saturated rings. The summed E-state index contributed by atoms with van der Waals surface area (Å²) in [7, 11) is 0. The Morgan fingerprint density at radius 2 is 2.14 bits per heavy atom. The van der Waals surface area contributed by atoms with Gasteiger partial charge in [-0.3, -0.25) is 0 Å². The number of aliphatic hydroxyl groups is 1. The zero-order valence-electron chi connectivity index (χ0n) is 9.50. The Morgan fingerprint density at radius 3 is 2.57 bits per heavy atom. The van der Waals surface area contributed by atoms with Gasteiger partial charge in [0.1, 0.15) is 0 Å². The van der Waals surface area contributed by atoms with E-state index >= 15 is 0 Å². The van der Waals surface area contributed by atoms with Crippen LogP contribution in [0, 0.1) is 0 Å². The lowest BCUT2D eigenvalue weighted by atomic mass is 10.0. The Morgan fingerprint density at radius 1 is 1.50 bits per heavy atom. The quantitative estimate of drug-likeness (QED) is 0.643. The summed E-state index contributed by atoms with van der Waals surface area (Å²) in [5.74, 6) is 0. The molecule has 0 aromatic heterocycles. The molecule has 1 aliphatic carbocycles. The summed E-state index contributed by atoms with van der Waals surface area (Å²) in [4.78, 5) is 2.51. The monoisotopic (exact) mass is 200 g/mol. The highest BCUT2D eigenvalue weighted by molar-refractivity contribution is 4.84. The number of nitrogens with two attached hydrogens (primary N) is 1. The molecule has 0 aromatic rings. The zero-order chi connectivity index (χ0) is 10.6. The van der Waals surface area contributed by atoms with Crippen LogP contribution in [0.25, 0.3) is 0 Å². The molecular weight excluding hydrogens is 176 g/mol. The van der Waals surface area contributed by atoms with Gasteiger partial charge in [0.15, 0.2) is 0 Å². The Kier molecular flexibility index (Phi) is 4.35. The lowest BCUT2D eigenvalue weighted by molar-refractivity contribution is 0.0542. The van der Waals surface area contributed by atoms with Gasteiger partial charge in [-0.1, -0.05) is 6.92 Å². The lowest BCUT2D eigenvalue weighted by Crippen LogP contribution is -2.35. The van der Waals surface area contributed by atoms with Gasteiger partial charge in [-0.05, 0) is 45.7 Å². The minimum absolute atomic E-state index is 0.364. The van der Waals surface area contributed by atoms with Crippen molar-refractivity contribution in [3.63, 3.8) is 0 Å². The van der Waals surface area contributed by atoms with Crippen molar-refractivity contribution >= 4 is 0 Å². The van der Waals surface area contributed by atoms with Gasteiger partial charge in [0.25, 0.3) is 0 Å². The average Bonchev–Trinajstić information content (AvgIpc) is 2.96. The van der Waals surface area contributed by atoms with Gasteiger partial charge in [-0.15, -0.1) is 0 Å². The van der Waals surface area contributed by atoms with E-state index in [-0.39, 0.29) is 0 Å². The Balaban J connectivity index is 2.12. The first kappa shape index (κ1) is 12.0. The smallest absolute Gasteiger partial charge is 0.0741 e. The Bertz CT molecular complexity index is 167. The second-order valence-corrected chi connectivity index (χ2v) is 4.66. The molecule has 0 bridgehead atoms. The predicted molar refractivity (Wildman–Crippen MR) is 59.2 cm³/mol. The Hall–Kier alpha value is -0.120. The molecule has 3 N–H and O–H groups in total. The average molecular weight is 200 g/mol. The Labute approximate surface area is 87.3 Å². The topological polar surface area (TPSA) is 49.5 Å². The number of hydrogen-bond acceptors (Lipinski definition) is 3. The van der Waals surface area contributed by atoms with Crippen LogP contribution in [-0.4, -0.2) is 41.3 Å². The van der Waals surface area contributed by atoms with Crippen LogP contribution in [0.3, 0.4) is 0 Å². The fourth-order valence-electron chi connectivity index (χ4n) is 1.80. The molecule has 1 unspecified atom stereocenters. The normalized spacial score (nSPS) is 21.2. The molecule has 1 atom stereocenters. The molecular formula is C11H24N2O. The molecule has 0 aromatic carbocycles. The molecule has 0 radical (unpaired) electrons. The van der Waals surface area contributed by atoms with Crippen LogP contribution < -0.4 is 5.73 Å². The fraction of sp³-hybridized carbons (Fsp3) is 1.00. The summed E-state index contributed by atoms with van der Waals surface area (Å²) < 4.78 is 0. The number of nitrogens with zero attached hydrogens (tertiary/aromatic N) is 1. The lowest BCUT2D eigenvalue weighted by Gasteiger charge is -2.24. The highest BCUT2D eigenvalue weighted by Crippen LogP contribution is 2.26. The van der Waals surface area contributed by atoms with Crippen molar-refractivity contribution in [2.75, 3.05) is 19.6 Å². The maximum atomic E-state index is 9.72. The van der Waals surface area contributed by atoms with Gasteiger partial charge in [0.05, 0.1) is 5.60 Å². The SMILES string of the molecule is CCN(CCCC(C)(O)CN)C1CC1. The molecule has 0 aliphatic heterocycles. The van der Waals surface area contributed by atoms with Crippen molar-refractivity contribution in [3.8, 4) is 0 Å². The second-order valence-electron chi connectivity index (χ2n) is 4.66. The molecule has 14 heavy (non-hydrogen) atoms. The molecule has 3 nitrogen and oxygen atoms in total. The zero-order valence-corrected chi connectivity index (χ0v) is 9.50. The van der Waals surface area contributed by atoms with Gasteiger partial charge in [-0.25, -0.2) is 0 Å². The fourth-order valence-corrected chi connectivity index (χ4v) is 1.80. The van der Waals surface area contributed by atoms with E-state index in [2.05, 4.69) is 11.8 Å². The van der Waals surface area contributed by atoms with Crippen molar-refractivity contribution in [1.82, 2.24) is 4.90 Å². The maximum absolute atomic E-state index is 9.72. The predicted octanol–water partition coefficient (Wildman–Crippen LogP) is 0.961. The highest BCUT2D eigenvalue weighted by atomic mass is 16.3. The van der Waals surface area contributed by atoms with Gasteiger partial charge in [0, 0.05) is 12.6 Å². The summed E-state index contributed by atoms with van der Waals surface area (Å²) >= 11 is 0. The third-order valence-electron chi connectivity index (χ3n) is 3.07. The summed E-state index contributed by atoms with van der Waals surface area (Å²) in [6.45, 7) is 6.63. The van der Waals surface area contributed by atoms with E-state index in [1.54, 1.807) is 0 Å². The third kappa shape index (κ3) is 3.95. The van der Waals surface area contributed by atoms with Crippen LogP contribution in [0.1, 0.15) is 39.5 Å². The summed E-state index contributed by atoms with van der Waals surface area (Å²) in [5.41, 5.74) is 4.80. The van der Waals surface area contributed by atoms with Crippen LogP contribution in [-0.2, 0) is 0 Å². The molecule has 84 valence electrons. The van der Waals surface area contributed by atoms with Gasteiger partial charge in [0.2, 0.25) is 0 Å². The van der Waals surface area contributed by atoms with E-state index in [0.717, 1.165) is 32.0 Å². The van der Waals surface area contributed by atoms with Gasteiger partial charge in [-0.2, -0.15) is 0 Å². The second kappa shape index (κ2) is 5.10. The molecule has 1 rings (SSSR count). The molecule has 0 spiro atoms. The van der Waals surface area contributed by atoms with Crippen molar-refractivity contribution < 1.29 is 5.11 Å². The molecule has 0 amide bonds. The van der Waals surface area contributed by atoms with Crippen molar-refractivity contribution in [2.24, 2.45) is 5.73 Å². The molecule has 3 heteroatoms. The van der Waals surface area contributed by atoms with Crippen LogP contribution in [0.2, 0.25) is 0 Å². The van der Waals surface area contributed by atoms with E-state index in [1.165, 1.54) is 12.8 Å². The number of rotatable bonds is 7. The largest absolute Gasteiger partial charge is 0.389 e. The van der Waals surface area contributed by atoms with Crippen LogP contribution in [0.4, 0.5) is 0 Å². The van der Waals surface area contributed by atoms with Crippen LogP contribution in [0.15, 0.2) is 0 Å². The van der Waals surface area contributed by atoms with E-state index in [4.69, 9.17) is 5.73 Å². The van der Waals surface area contributed by atoms with E-state index in [9.17, 15) is 5.11 Å². The summed E-state index contributed by atoms with van der Waals surface area (Å²) in [6, 6.07) is 0.836. The molecule has 1 saturated carbocycles. The first-order valence-corrected chi connectivity index (χ1v) is 5.75. The van der Waals surface area contributed by atoms with E-state index in [1.807, 2.05) is 6.92 Å². The maximum Gasteiger partial charge on any atom is 0.0741 e. The van der Waals surface area contributed by atoms with Crippen LogP contribution >= 0.6 is 0 Å². The van der Waals surface area contributed by atoms with Crippen molar-refractivity contribution in [2.45, 2.75) is 51.2 Å². The third-order valence-corrected chi connectivity index (χ3v) is 3.07. The summed E-state index contributed by atoms with van der Waals surface area (Å²) in [6.07, 6.45) is 4.59. The molecule has 1 aliphatic rings. The van der Waals surface area contributed by atoms with E-state index in [0.29, 0.717) is 6.54 Å². The van der Waals surface area contributed by atoms with E-state index < -0.39 is 5.60 Å². The minimum atomic E-state index is -0.664. The molecule has 0 heterocycles. The molecule has 0 saturated heterocycles. The van der Waals surface area contributed by atoms with Crippen LogP contribution in [0.5, 0.6) is 0 Å². The van der Waals surface area contributed by atoms with Gasteiger partial charge < -0.3 is 15.7 Å². The summed E-state index contributed by atoms with van der Waals surface area (Å²) in [5, 5.41) is 9.72. The standard InChI is InChI=1S/C11H24N2O/c1-3-13(10-5-6-10)8-4-7-11(2,14)9-12/h10,14H,3-9,12H2,1-2H3. The van der Waals surface area contributed by atoms with Crippen molar-refractivity contribution in [1.29, 1.82) is 0 Å². The number of hydrogen-bond donors (Lipinski definition) is 2. The minimum Gasteiger partial charge on any atom is -0.389 e.